The lowest BCUT2D eigenvalue weighted by atomic mass is 9.98. The second kappa shape index (κ2) is 8.10. The zero-order valence-electron chi connectivity index (χ0n) is 15.7. The lowest BCUT2D eigenvalue weighted by molar-refractivity contribution is -0.384. The van der Waals surface area contributed by atoms with Gasteiger partial charge >= 0.3 is 0 Å². The van der Waals surface area contributed by atoms with Crippen molar-refractivity contribution in [1.82, 2.24) is 9.88 Å². The van der Waals surface area contributed by atoms with E-state index < -0.39 is 4.92 Å². The lowest BCUT2D eigenvalue weighted by Gasteiger charge is -2.29. The van der Waals surface area contributed by atoms with Crippen LogP contribution in [0.5, 0.6) is 5.75 Å². The first-order chi connectivity index (χ1) is 14.1. The topological polar surface area (TPSA) is 85.6 Å². The summed E-state index contributed by atoms with van der Waals surface area (Å²) in [6.07, 6.45) is 4.26. The number of hydrogen-bond acceptors (Lipinski definition) is 5. The number of hydrogen-bond donors (Lipinski definition) is 0. The van der Waals surface area contributed by atoms with Gasteiger partial charge in [-0.2, -0.15) is 0 Å². The van der Waals surface area contributed by atoms with Crippen molar-refractivity contribution in [3.05, 3.63) is 99.4 Å². The fraction of sp³-hybridized carbons (Fsp3) is 0.182. The van der Waals surface area contributed by atoms with Crippen molar-refractivity contribution < 1.29 is 14.5 Å². The molecule has 0 unspecified atom stereocenters. The molecule has 0 aliphatic carbocycles. The Morgan fingerprint density at radius 3 is 2.76 bits per heavy atom. The lowest BCUT2D eigenvalue weighted by Crippen LogP contribution is -2.37. The predicted octanol–water partition coefficient (Wildman–Crippen LogP) is 3.77. The van der Waals surface area contributed by atoms with Crippen molar-refractivity contribution in [2.24, 2.45) is 0 Å². The molecule has 7 heteroatoms. The summed E-state index contributed by atoms with van der Waals surface area (Å²) in [4.78, 5) is 29.3. The van der Waals surface area contributed by atoms with E-state index in [2.05, 4.69) is 4.98 Å². The molecule has 0 spiro atoms. The summed E-state index contributed by atoms with van der Waals surface area (Å²) >= 11 is 0. The molecule has 0 N–H and O–H groups in total. The fourth-order valence-corrected chi connectivity index (χ4v) is 3.38. The van der Waals surface area contributed by atoms with E-state index in [0.29, 0.717) is 30.0 Å². The highest BCUT2D eigenvalue weighted by Gasteiger charge is 2.25. The second-order valence-corrected chi connectivity index (χ2v) is 6.87. The molecule has 1 aromatic heterocycles. The molecule has 0 saturated heterocycles. The quantitative estimate of drug-likeness (QED) is 0.473. The fourth-order valence-electron chi connectivity index (χ4n) is 3.38. The van der Waals surface area contributed by atoms with Gasteiger partial charge in [0.15, 0.2) is 0 Å². The van der Waals surface area contributed by atoms with E-state index in [-0.39, 0.29) is 18.2 Å². The third-order valence-electron chi connectivity index (χ3n) is 4.87. The minimum absolute atomic E-state index is 0.0257. The molecule has 1 amide bonds. The van der Waals surface area contributed by atoms with Crippen LogP contribution in [0.4, 0.5) is 5.69 Å². The van der Waals surface area contributed by atoms with E-state index in [4.69, 9.17) is 4.74 Å². The molecule has 1 aliphatic rings. The zero-order valence-corrected chi connectivity index (χ0v) is 15.7. The number of pyridine rings is 1. The molecule has 3 aromatic rings. The molecule has 1 aliphatic heterocycles. The maximum absolute atomic E-state index is 12.9. The Balaban J connectivity index is 1.47. The second-order valence-electron chi connectivity index (χ2n) is 6.87. The van der Waals surface area contributed by atoms with Crippen LogP contribution >= 0.6 is 0 Å². The normalized spacial score (nSPS) is 13.1. The zero-order chi connectivity index (χ0) is 20.2. The predicted molar refractivity (Wildman–Crippen MR) is 107 cm³/mol. The standard InChI is InChI=1S/C22H19N3O4/c26-22-21-12-20(29-15-16-3-1-5-19(11-16)25(27)28)7-6-18(21)8-10-24(22)14-17-4-2-9-23-13-17/h1-7,9,11-13H,8,10,14-15H2. The molecule has 0 saturated carbocycles. The van der Waals surface area contributed by atoms with Crippen molar-refractivity contribution in [3.8, 4) is 5.75 Å². The van der Waals surface area contributed by atoms with Crippen molar-refractivity contribution in [3.63, 3.8) is 0 Å². The van der Waals surface area contributed by atoms with Crippen LogP contribution in [0.25, 0.3) is 0 Å². The molecule has 0 fully saturated rings. The van der Waals surface area contributed by atoms with Gasteiger partial charge in [-0.15, -0.1) is 0 Å². The van der Waals surface area contributed by atoms with Gasteiger partial charge in [-0.3, -0.25) is 19.9 Å². The van der Waals surface area contributed by atoms with E-state index in [1.54, 1.807) is 30.6 Å². The summed E-state index contributed by atoms with van der Waals surface area (Å²) in [6, 6.07) is 15.6. The van der Waals surface area contributed by atoms with Crippen LogP contribution < -0.4 is 4.74 Å². The Morgan fingerprint density at radius 1 is 1.10 bits per heavy atom. The van der Waals surface area contributed by atoms with Crippen LogP contribution in [0.1, 0.15) is 27.0 Å². The molecule has 0 bridgehead atoms. The summed E-state index contributed by atoms with van der Waals surface area (Å²) in [7, 11) is 0. The van der Waals surface area contributed by atoms with Gasteiger partial charge in [0.2, 0.25) is 0 Å². The van der Waals surface area contributed by atoms with Gasteiger partial charge in [-0.05, 0) is 41.3 Å². The molecule has 0 radical (unpaired) electrons. The number of amides is 1. The molecule has 2 aromatic carbocycles. The Hall–Kier alpha value is -3.74. The summed E-state index contributed by atoms with van der Waals surface area (Å²) in [5.74, 6) is 0.530. The average Bonchev–Trinajstić information content (AvgIpc) is 2.75. The first-order valence-electron chi connectivity index (χ1n) is 9.27. The van der Waals surface area contributed by atoms with E-state index >= 15 is 0 Å². The number of ether oxygens (including phenoxy) is 1. The van der Waals surface area contributed by atoms with E-state index in [0.717, 1.165) is 17.5 Å². The van der Waals surface area contributed by atoms with Gasteiger partial charge in [0, 0.05) is 43.2 Å². The average molecular weight is 389 g/mol. The minimum atomic E-state index is -0.433. The van der Waals surface area contributed by atoms with Crippen molar-refractivity contribution in [2.45, 2.75) is 19.6 Å². The molecule has 146 valence electrons. The first kappa shape index (κ1) is 18.6. The highest BCUT2D eigenvalue weighted by molar-refractivity contribution is 5.97. The van der Waals surface area contributed by atoms with E-state index in [9.17, 15) is 14.9 Å². The monoisotopic (exact) mass is 389 g/mol. The number of non-ortho nitro benzene ring substituents is 1. The SMILES string of the molecule is O=C1c2cc(OCc3cccc([N+](=O)[O-])c3)ccc2CCN1Cc1cccnc1. The number of carbonyl (C=O) groups is 1. The summed E-state index contributed by atoms with van der Waals surface area (Å²) < 4.78 is 5.79. The number of rotatable bonds is 6. The first-order valence-corrected chi connectivity index (χ1v) is 9.27. The molecular weight excluding hydrogens is 370 g/mol. The largest absolute Gasteiger partial charge is 0.489 e. The Labute approximate surface area is 167 Å². The highest BCUT2D eigenvalue weighted by atomic mass is 16.6. The van der Waals surface area contributed by atoms with Gasteiger partial charge in [0.25, 0.3) is 11.6 Å². The Kier molecular flexibility index (Phi) is 5.20. The maximum atomic E-state index is 12.9. The van der Waals surface area contributed by atoms with Crippen LogP contribution in [0.15, 0.2) is 67.0 Å². The number of benzene rings is 2. The van der Waals surface area contributed by atoms with Gasteiger partial charge in [0.1, 0.15) is 12.4 Å². The van der Waals surface area contributed by atoms with Crippen LogP contribution in [-0.2, 0) is 19.6 Å². The molecule has 0 atom stereocenters. The number of fused-ring (bicyclic) bond motifs is 1. The van der Waals surface area contributed by atoms with Crippen LogP contribution in [0.2, 0.25) is 0 Å². The number of carbonyl (C=O) groups excluding carboxylic acids is 1. The summed E-state index contributed by atoms with van der Waals surface area (Å²) in [5, 5.41) is 10.9. The molecule has 29 heavy (non-hydrogen) atoms. The van der Waals surface area contributed by atoms with Crippen LogP contribution in [0, 0.1) is 10.1 Å². The van der Waals surface area contributed by atoms with Gasteiger partial charge < -0.3 is 9.64 Å². The van der Waals surface area contributed by atoms with Crippen molar-refractivity contribution >= 4 is 11.6 Å². The summed E-state index contributed by atoms with van der Waals surface area (Å²) in [6.45, 7) is 1.37. The third kappa shape index (κ3) is 4.24. The molecule has 4 rings (SSSR count). The number of nitro groups is 1. The summed E-state index contributed by atoms with van der Waals surface area (Å²) in [5.41, 5.74) is 3.35. The van der Waals surface area contributed by atoms with Crippen molar-refractivity contribution in [2.75, 3.05) is 6.54 Å². The third-order valence-corrected chi connectivity index (χ3v) is 4.87. The van der Waals surface area contributed by atoms with E-state index in [1.807, 2.05) is 29.2 Å². The smallest absolute Gasteiger partial charge is 0.269 e. The number of nitrogens with zero attached hydrogens (tertiary/aromatic N) is 3. The van der Waals surface area contributed by atoms with Gasteiger partial charge in [-0.1, -0.05) is 24.3 Å². The number of nitro benzene ring substituents is 1. The highest BCUT2D eigenvalue weighted by Crippen LogP contribution is 2.26. The Bertz CT molecular complexity index is 1050. The van der Waals surface area contributed by atoms with Gasteiger partial charge in [0.05, 0.1) is 4.92 Å². The maximum Gasteiger partial charge on any atom is 0.269 e. The van der Waals surface area contributed by atoms with Crippen LogP contribution in [0.3, 0.4) is 0 Å². The molecule has 2 heterocycles. The van der Waals surface area contributed by atoms with Gasteiger partial charge in [-0.25, -0.2) is 0 Å². The van der Waals surface area contributed by atoms with E-state index in [1.165, 1.54) is 12.1 Å². The van der Waals surface area contributed by atoms with Crippen LogP contribution in [-0.4, -0.2) is 27.3 Å². The molecular formula is C22H19N3O4. The number of aromatic nitrogens is 1. The minimum Gasteiger partial charge on any atom is -0.489 e. The Morgan fingerprint density at radius 2 is 1.97 bits per heavy atom. The molecule has 7 nitrogen and oxygen atoms in total. The van der Waals surface area contributed by atoms with Crippen molar-refractivity contribution in [1.29, 1.82) is 0 Å².